The first-order valence-corrected chi connectivity index (χ1v) is 12.5. The first-order chi connectivity index (χ1) is 19.7. The van der Waals surface area contributed by atoms with Gasteiger partial charge in [0, 0.05) is 24.0 Å². The molecule has 0 aliphatic carbocycles. The van der Waals surface area contributed by atoms with Crippen LogP contribution in [0.5, 0.6) is 11.5 Å². The summed E-state index contributed by atoms with van der Waals surface area (Å²) in [7, 11) is 3.10. The number of ether oxygens (including phenoxy) is 8. The average molecular weight is 561 g/mol. The average Bonchev–Trinajstić information content (AvgIpc) is 2.99. The molecule has 14 heteroatoms. The van der Waals surface area contributed by atoms with E-state index in [1.807, 2.05) is 36.4 Å². The number of azide groups is 2. The third-order valence-corrected chi connectivity index (χ3v) is 5.36. The van der Waals surface area contributed by atoms with Gasteiger partial charge >= 0.3 is 0 Å². The molecule has 0 aromatic heterocycles. The zero-order valence-corrected chi connectivity index (χ0v) is 22.7. The van der Waals surface area contributed by atoms with E-state index >= 15 is 0 Å². The molecule has 218 valence electrons. The largest absolute Gasteiger partial charge is 0.493 e. The molecule has 40 heavy (non-hydrogen) atoms. The van der Waals surface area contributed by atoms with Crippen molar-refractivity contribution >= 4 is 0 Å². The van der Waals surface area contributed by atoms with Crippen LogP contribution in [0.25, 0.3) is 20.9 Å². The highest BCUT2D eigenvalue weighted by Crippen LogP contribution is 2.22. The molecule has 0 saturated carbocycles. The molecule has 4 atom stereocenters. The summed E-state index contributed by atoms with van der Waals surface area (Å²) < 4.78 is 44.9. The highest BCUT2D eigenvalue weighted by molar-refractivity contribution is 5.22. The minimum Gasteiger partial charge on any atom is -0.493 e. The summed E-state index contributed by atoms with van der Waals surface area (Å²) in [5.74, 6) is 1.13. The standard InChI is InChI=1S/C26H36N6O8/c1-33-13-15-35-19-39-25(23(29-31-27)17-37-21-9-5-3-6-10-21)26(40-20-36-16-14-34-2)24(30-32-28)18-38-22-11-7-4-8-12-22/h3-12,23-26H,13-20H2,1-2H3/t23-,24-,25-,26-/m1/s1. The van der Waals surface area contributed by atoms with Crippen molar-refractivity contribution in [2.45, 2.75) is 24.3 Å². The van der Waals surface area contributed by atoms with Crippen molar-refractivity contribution in [3.05, 3.63) is 81.5 Å². The van der Waals surface area contributed by atoms with Crippen molar-refractivity contribution in [2.24, 2.45) is 10.2 Å². The van der Waals surface area contributed by atoms with E-state index in [1.165, 1.54) is 0 Å². The van der Waals surface area contributed by atoms with E-state index in [0.717, 1.165) is 0 Å². The monoisotopic (exact) mass is 560 g/mol. The molecule has 0 bridgehead atoms. The Labute approximate surface area is 233 Å². The summed E-state index contributed by atoms with van der Waals surface area (Å²) in [4.78, 5) is 5.99. The molecule has 0 saturated heterocycles. The van der Waals surface area contributed by atoms with Crippen molar-refractivity contribution in [1.82, 2.24) is 0 Å². The van der Waals surface area contributed by atoms with E-state index in [0.29, 0.717) is 24.7 Å². The number of rotatable bonds is 23. The fourth-order valence-electron chi connectivity index (χ4n) is 3.42. The second-order valence-electron chi connectivity index (χ2n) is 8.09. The topological polar surface area (TPSA) is 171 Å². The third kappa shape index (κ3) is 13.0. The first kappa shape index (κ1) is 32.6. The molecule has 0 aliphatic heterocycles. The summed E-state index contributed by atoms with van der Waals surface area (Å²) >= 11 is 0. The summed E-state index contributed by atoms with van der Waals surface area (Å²) in [5, 5.41) is 7.86. The number of nitrogens with zero attached hydrogens (tertiary/aromatic N) is 6. The molecule has 0 N–H and O–H groups in total. The molecular formula is C26H36N6O8. The molecule has 2 aromatic rings. The fourth-order valence-corrected chi connectivity index (χ4v) is 3.42. The molecule has 2 rings (SSSR count). The van der Waals surface area contributed by atoms with Gasteiger partial charge in [0.05, 0.1) is 51.8 Å². The summed E-state index contributed by atoms with van der Waals surface area (Å²) in [6, 6.07) is 16.2. The summed E-state index contributed by atoms with van der Waals surface area (Å²) in [6.07, 6.45) is -1.99. The van der Waals surface area contributed by atoms with Gasteiger partial charge in [-0.1, -0.05) is 46.6 Å². The van der Waals surface area contributed by atoms with Gasteiger partial charge in [0.15, 0.2) is 0 Å². The minimum absolute atomic E-state index is 0.0657. The second-order valence-corrected chi connectivity index (χ2v) is 8.09. The highest BCUT2D eigenvalue weighted by atomic mass is 16.7. The van der Waals surface area contributed by atoms with E-state index in [1.54, 1.807) is 38.5 Å². The lowest BCUT2D eigenvalue weighted by Gasteiger charge is -2.34. The lowest BCUT2D eigenvalue weighted by Crippen LogP contribution is -2.50. The van der Waals surface area contributed by atoms with Gasteiger partial charge in [0.25, 0.3) is 0 Å². The maximum atomic E-state index is 9.39. The molecule has 2 aromatic carbocycles. The Morgan fingerprint density at radius 2 is 1.02 bits per heavy atom. The minimum atomic E-state index is -0.997. The van der Waals surface area contributed by atoms with Crippen LogP contribution in [0.4, 0.5) is 0 Å². The van der Waals surface area contributed by atoms with E-state index in [4.69, 9.17) is 37.9 Å². The molecule has 0 radical (unpaired) electrons. The fraction of sp³-hybridized carbons (Fsp3) is 0.538. The van der Waals surface area contributed by atoms with E-state index in [-0.39, 0.29) is 40.0 Å². The highest BCUT2D eigenvalue weighted by Gasteiger charge is 2.37. The van der Waals surface area contributed by atoms with Crippen LogP contribution in [0.2, 0.25) is 0 Å². The smallest absolute Gasteiger partial charge is 0.147 e. The van der Waals surface area contributed by atoms with Crippen molar-refractivity contribution in [2.75, 3.05) is 67.4 Å². The van der Waals surface area contributed by atoms with Crippen LogP contribution in [0.15, 0.2) is 70.9 Å². The van der Waals surface area contributed by atoms with Crippen LogP contribution in [0.1, 0.15) is 0 Å². The van der Waals surface area contributed by atoms with Crippen molar-refractivity contribution in [3.8, 4) is 11.5 Å². The van der Waals surface area contributed by atoms with Gasteiger partial charge in [-0.05, 0) is 35.3 Å². The van der Waals surface area contributed by atoms with Gasteiger partial charge in [-0.25, -0.2) is 0 Å². The van der Waals surface area contributed by atoms with Crippen LogP contribution in [-0.4, -0.2) is 91.7 Å². The Balaban J connectivity index is 2.33. The van der Waals surface area contributed by atoms with Gasteiger partial charge in [-0.3, -0.25) is 0 Å². The van der Waals surface area contributed by atoms with Gasteiger partial charge in [-0.15, -0.1) is 0 Å². The number of hydrogen-bond acceptors (Lipinski definition) is 10. The Hall–Kier alpha value is -3.58. The SMILES string of the molecule is COCCOCO[C@@H]([C@H](OCOCCOC)[C@@H](COc1ccccc1)N=[N+]=[N-])[C@@H](COc1ccccc1)N=[N+]=[N-]. The zero-order valence-electron chi connectivity index (χ0n) is 22.7. The van der Waals surface area contributed by atoms with Crippen LogP contribution < -0.4 is 9.47 Å². The molecule has 0 fully saturated rings. The predicted molar refractivity (Wildman–Crippen MR) is 145 cm³/mol. The van der Waals surface area contributed by atoms with E-state index < -0.39 is 24.3 Å². The Morgan fingerprint density at radius 1 is 0.625 bits per heavy atom. The van der Waals surface area contributed by atoms with Crippen LogP contribution in [-0.2, 0) is 28.4 Å². The maximum Gasteiger partial charge on any atom is 0.147 e. The van der Waals surface area contributed by atoms with Crippen molar-refractivity contribution < 1.29 is 37.9 Å². The number of para-hydroxylation sites is 2. The van der Waals surface area contributed by atoms with Crippen molar-refractivity contribution in [1.29, 1.82) is 0 Å². The van der Waals surface area contributed by atoms with Crippen molar-refractivity contribution in [3.63, 3.8) is 0 Å². The molecule has 0 heterocycles. The van der Waals surface area contributed by atoms with Crippen LogP contribution in [0.3, 0.4) is 0 Å². The zero-order chi connectivity index (χ0) is 28.7. The molecule has 14 nitrogen and oxygen atoms in total. The van der Waals surface area contributed by atoms with Crippen LogP contribution >= 0.6 is 0 Å². The van der Waals surface area contributed by atoms with Gasteiger partial charge in [0.1, 0.15) is 37.2 Å². The van der Waals surface area contributed by atoms with Gasteiger partial charge in [-0.2, -0.15) is 0 Å². The molecule has 0 amide bonds. The maximum absolute atomic E-state index is 9.39. The normalized spacial score (nSPS) is 13.8. The number of methoxy groups -OCH3 is 2. The summed E-state index contributed by atoms with van der Waals surface area (Å²) in [6.45, 7) is 0.715. The Morgan fingerprint density at radius 3 is 1.38 bits per heavy atom. The van der Waals surface area contributed by atoms with E-state index in [9.17, 15) is 11.1 Å². The van der Waals surface area contributed by atoms with E-state index in [2.05, 4.69) is 20.1 Å². The summed E-state index contributed by atoms with van der Waals surface area (Å²) in [5.41, 5.74) is 18.8. The Kier molecular flexibility index (Phi) is 17.3. The second kappa shape index (κ2) is 21.3. The number of benzene rings is 2. The van der Waals surface area contributed by atoms with Crippen LogP contribution in [0, 0.1) is 0 Å². The van der Waals surface area contributed by atoms with Gasteiger partial charge < -0.3 is 37.9 Å². The molecule has 0 aliphatic rings. The quantitative estimate of drug-likeness (QED) is 0.0627. The molecule has 0 spiro atoms. The van der Waals surface area contributed by atoms with Gasteiger partial charge in [0.2, 0.25) is 0 Å². The third-order valence-electron chi connectivity index (χ3n) is 5.36. The lowest BCUT2D eigenvalue weighted by atomic mass is 10.00. The Bertz CT molecular complexity index is 927. The molecule has 0 unspecified atom stereocenters. The lowest BCUT2D eigenvalue weighted by molar-refractivity contribution is -0.184. The first-order valence-electron chi connectivity index (χ1n) is 12.5. The predicted octanol–water partition coefficient (Wildman–Crippen LogP) is 4.51. The number of hydrogen-bond donors (Lipinski definition) is 0. The molecular weight excluding hydrogens is 524 g/mol.